The second kappa shape index (κ2) is 2.68. The smallest absolute Gasteiger partial charge is 0.0342 e. The summed E-state index contributed by atoms with van der Waals surface area (Å²) in [4.78, 5) is 1.26. The molecule has 0 unspecified atom stereocenters. The highest BCUT2D eigenvalue weighted by molar-refractivity contribution is 7.09. The Morgan fingerprint density at radius 3 is 3.27 bits per heavy atom. The van der Waals surface area contributed by atoms with E-state index in [-0.39, 0.29) is 0 Å². The van der Waals surface area contributed by atoms with Gasteiger partial charge in [0.1, 0.15) is 0 Å². The van der Waals surface area contributed by atoms with Crippen molar-refractivity contribution in [3.8, 4) is 0 Å². The quantitative estimate of drug-likeness (QED) is 0.580. The van der Waals surface area contributed by atoms with Gasteiger partial charge in [0, 0.05) is 33.9 Å². The summed E-state index contributed by atoms with van der Waals surface area (Å²) in [6.45, 7) is 1.59. The van der Waals surface area contributed by atoms with Gasteiger partial charge in [0.25, 0.3) is 0 Å². The van der Waals surface area contributed by atoms with Crippen LogP contribution in [0.4, 0.5) is 0 Å². The lowest BCUT2D eigenvalue weighted by molar-refractivity contribution is 1.06. The Bertz CT molecular complexity index is 330. The van der Waals surface area contributed by atoms with E-state index < -0.39 is 0 Å². The average molecular weight is 166 g/mol. The number of nitrogens with two attached hydrogens (primary N) is 1. The molecule has 58 valence electrons. The fourth-order valence-electron chi connectivity index (χ4n) is 1.17. The van der Waals surface area contributed by atoms with Gasteiger partial charge in [-0.3, -0.25) is 0 Å². The molecule has 0 fully saturated rings. The van der Waals surface area contributed by atoms with Crippen LogP contribution < -0.4 is 20.8 Å². The summed E-state index contributed by atoms with van der Waals surface area (Å²) < 4.78 is 1.35. The van der Waals surface area contributed by atoms with Crippen LogP contribution in [0, 0.1) is 0 Å². The highest BCUT2D eigenvalue weighted by Gasteiger charge is 1.97. The predicted octanol–water partition coefficient (Wildman–Crippen LogP) is -0.671. The van der Waals surface area contributed by atoms with Crippen molar-refractivity contribution in [2.75, 3.05) is 6.54 Å². The van der Waals surface area contributed by atoms with E-state index in [4.69, 9.17) is 5.73 Å². The van der Waals surface area contributed by atoms with Crippen LogP contribution in [0.5, 0.6) is 0 Å². The molecule has 1 aromatic heterocycles. The maximum atomic E-state index is 5.52. The van der Waals surface area contributed by atoms with E-state index in [1.165, 1.54) is 14.6 Å². The molecular weight excluding hydrogens is 156 g/mol. The van der Waals surface area contributed by atoms with Gasteiger partial charge in [0.05, 0.1) is 0 Å². The van der Waals surface area contributed by atoms with Gasteiger partial charge in [-0.05, 0) is 12.1 Å². The van der Waals surface area contributed by atoms with Crippen LogP contribution in [0.25, 0.3) is 12.3 Å². The third-order valence-electron chi connectivity index (χ3n) is 1.71. The average Bonchev–Trinajstić information content (AvgIpc) is 2.46. The van der Waals surface area contributed by atoms with E-state index in [0.717, 1.165) is 6.54 Å². The van der Waals surface area contributed by atoms with Gasteiger partial charge in [0.2, 0.25) is 0 Å². The molecule has 1 aromatic rings. The SMILES string of the molecule is NCc1cc2c(s1)=CCNC=2. The molecule has 0 atom stereocenters. The number of rotatable bonds is 1. The normalized spacial score (nSPS) is 14.3. The topological polar surface area (TPSA) is 38.0 Å². The van der Waals surface area contributed by atoms with Gasteiger partial charge in [-0.25, -0.2) is 0 Å². The monoisotopic (exact) mass is 166 g/mol. The zero-order valence-electron chi connectivity index (χ0n) is 6.13. The molecule has 0 saturated heterocycles. The lowest BCUT2D eigenvalue weighted by Crippen LogP contribution is -2.28. The fourth-order valence-corrected chi connectivity index (χ4v) is 2.12. The summed E-state index contributed by atoms with van der Waals surface area (Å²) in [5, 5.41) is 4.44. The van der Waals surface area contributed by atoms with E-state index >= 15 is 0 Å². The van der Waals surface area contributed by atoms with Crippen molar-refractivity contribution in [1.29, 1.82) is 0 Å². The maximum Gasteiger partial charge on any atom is 0.0342 e. The summed E-state index contributed by atoms with van der Waals surface area (Å²) in [6, 6.07) is 2.14. The van der Waals surface area contributed by atoms with Crippen LogP contribution >= 0.6 is 11.3 Å². The number of nitrogens with one attached hydrogen (secondary N) is 1. The van der Waals surface area contributed by atoms with E-state index in [9.17, 15) is 0 Å². The molecule has 1 aliphatic heterocycles. The Morgan fingerprint density at radius 2 is 2.55 bits per heavy atom. The first kappa shape index (κ1) is 6.88. The lowest BCUT2D eigenvalue weighted by Gasteiger charge is -1.96. The minimum absolute atomic E-state index is 0.652. The number of thiophene rings is 1. The number of fused-ring (bicyclic) bond motifs is 1. The van der Waals surface area contributed by atoms with Crippen molar-refractivity contribution >= 4 is 23.6 Å². The van der Waals surface area contributed by atoms with Gasteiger partial charge in [-0.1, -0.05) is 0 Å². The Labute approximate surface area is 69.0 Å². The van der Waals surface area contributed by atoms with Crippen molar-refractivity contribution in [3.63, 3.8) is 0 Å². The molecule has 3 N–H and O–H groups in total. The molecule has 2 nitrogen and oxygen atoms in total. The summed E-state index contributed by atoms with van der Waals surface area (Å²) in [6.07, 6.45) is 4.24. The zero-order valence-corrected chi connectivity index (χ0v) is 6.95. The molecule has 0 saturated carbocycles. The van der Waals surface area contributed by atoms with E-state index in [1.54, 1.807) is 11.3 Å². The van der Waals surface area contributed by atoms with Crippen molar-refractivity contribution in [1.82, 2.24) is 5.32 Å². The van der Waals surface area contributed by atoms with E-state index in [1.807, 2.05) is 6.20 Å². The Balaban J connectivity index is 2.66. The maximum absolute atomic E-state index is 5.52. The Kier molecular flexibility index (Phi) is 1.68. The molecule has 0 amide bonds. The second-order valence-electron chi connectivity index (χ2n) is 2.49. The molecule has 0 aromatic carbocycles. The Morgan fingerprint density at radius 1 is 1.64 bits per heavy atom. The highest BCUT2D eigenvalue weighted by Crippen LogP contribution is 1.97. The highest BCUT2D eigenvalue weighted by atomic mass is 32.1. The standard InChI is InChI=1S/C8H10N2S/c9-4-7-3-6-5-10-2-1-8(6)11-7/h1,3,5,10H,2,4,9H2. The molecular formula is C8H10N2S. The fraction of sp³-hybridized carbons (Fsp3) is 0.250. The molecule has 0 aliphatic carbocycles. The minimum Gasteiger partial charge on any atom is -0.387 e. The van der Waals surface area contributed by atoms with E-state index in [0.29, 0.717) is 6.54 Å². The predicted molar refractivity (Wildman–Crippen MR) is 48.4 cm³/mol. The third kappa shape index (κ3) is 1.17. The molecule has 1 aliphatic rings. The van der Waals surface area contributed by atoms with Crippen LogP contribution in [-0.2, 0) is 6.54 Å². The van der Waals surface area contributed by atoms with Crippen LogP contribution in [0.15, 0.2) is 6.07 Å². The summed E-state index contributed by atoms with van der Waals surface area (Å²) in [7, 11) is 0. The summed E-state index contributed by atoms with van der Waals surface area (Å²) in [5.74, 6) is 0. The van der Waals surface area contributed by atoms with Gasteiger partial charge in [-0.15, -0.1) is 11.3 Å². The van der Waals surface area contributed by atoms with Gasteiger partial charge >= 0.3 is 0 Å². The lowest BCUT2D eigenvalue weighted by atomic mass is 10.3. The van der Waals surface area contributed by atoms with Gasteiger partial charge < -0.3 is 11.1 Å². The molecule has 11 heavy (non-hydrogen) atoms. The molecule has 0 bridgehead atoms. The third-order valence-corrected chi connectivity index (χ3v) is 2.88. The van der Waals surface area contributed by atoms with Crippen molar-refractivity contribution in [2.45, 2.75) is 6.54 Å². The summed E-state index contributed by atoms with van der Waals surface area (Å²) >= 11 is 1.78. The van der Waals surface area contributed by atoms with Gasteiger partial charge in [0.15, 0.2) is 0 Å². The van der Waals surface area contributed by atoms with Crippen molar-refractivity contribution in [3.05, 3.63) is 20.7 Å². The van der Waals surface area contributed by atoms with Crippen molar-refractivity contribution in [2.24, 2.45) is 5.73 Å². The van der Waals surface area contributed by atoms with Crippen molar-refractivity contribution < 1.29 is 0 Å². The van der Waals surface area contributed by atoms with Crippen LogP contribution in [0.3, 0.4) is 0 Å². The largest absolute Gasteiger partial charge is 0.387 e. The molecule has 2 heterocycles. The summed E-state index contributed by atoms with van der Waals surface area (Å²) in [5.41, 5.74) is 5.52. The second-order valence-corrected chi connectivity index (χ2v) is 3.66. The number of hydrogen-bond acceptors (Lipinski definition) is 3. The molecule has 2 rings (SSSR count). The number of hydrogen-bond donors (Lipinski definition) is 2. The minimum atomic E-state index is 0.652. The molecule has 0 spiro atoms. The van der Waals surface area contributed by atoms with Crippen LogP contribution in [0.1, 0.15) is 4.88 Å². The zero-order chi connectivity index (χ0) is 7.68. The Hall–Kier alpha value is -0.800. The van der Waals surface area contributed by atoms with Gasteiger partial charge in [-0.2, -0.15) is 0 Å². The van der Waals surface area contributed by atoms with Crippen LogP contribution in [0.2, 0.25) is 0 Å². The first-order valence-corrected chi connectivity index (χ1v) is 4.44. The molecule has 0 radical (unpaired) electrons. The first-order chi connectivity index (χ1) is 5.40. The first-order valence-electron chi connectivity index (χ1n) is 3.63. The van der Waals surface area contributed by atoms with Crippen LogP contribution in [-0.4, -0.2) is 6.54 Å². The molecule has 3 heteroatoms. The van der Waals surface area contributed by atoms with E-state index in [2.05, 4.69) is 17.5 Å².